The second kappa shape index (κ2) is 4.20. The molecule has 3 nitrogen and oxygen atoms in total. The van der Waals surface area contributed by atoms with E-state index >= 15 is 0 Å². The fraction of sp³-hybridized carbons (Fsp3) is 0.0833. The molecule has 0 radical (unpaired) electrons. The van der Waals surface area contributed by atoms with Crippen molar-refractivity contribution >= 4 is 18.1 Å². The maximum Gasteiger partial charge on any atom is 0.276 e. The molecule has 4 heteroatoms. The summed E-state index contributed by atoms with van der Waals surface area (Å²) in [6.45, 7) is 1.79. The van der Waals surface area contributed by atoms with E-state index in [9.17, 15) is 9.46 Å². The molecule has 82 valence electrons. The van der Waals surface area contributed by atoms with Gasteiger partial charge in [0.15, 0.2) is 0 Å². The van der Waals surface area contributed by atoms with Gasteiger partial charge in [0.2, 0.25) is 0 Å². The average Bonchev–Trinajstić information content (AvgIpc) is 2.30. The number of nitrogens with zero attached hydrogens (tertiary/aromatic N) is 1. The van der Waals surface area contributed by atoms with Gasteiger partial charge in [-0.3, -0.25) is 9.55 Å². The molecule has 1 atom stereocenters. The highest BCUT2D eigenvalue weighted by molar-refractivity contribution is 7.73. The molecule has 1 unspecified atom stereocenters. The summed E-state index contributed by atoms with van der Waals surface area (Å²) in [6, 6.07) is 12.1. The third-order valence-electron chi connectivity index (χ3n) is 2.38. The Morgan fingerprint density at radius 3 is 2.44 bits per heavy atom. The quantitative estimate of drug-likeness (QED) is 0.802. The van der Waals surface area contributed by atoms with E-state index in [1.165, 1.54) is 6.20 Å². The Hall–Kier alpha value is -1.44. The van der Waals surface area contributed by atoms with Gasteiger partial charge in [-0.25, -0.2) is 0 Å². The lowest BCUT2D eigenvalue weighted by Crippen LogP contribution is -2.20. The molecule has 0 spiro atoms. The highest BCUT2D eigenvalue weighted by Gasteiger charge is 2.26. The molecule has 0 aliphatic heterocycles. The number of rotatable bonds is 2. The summed E-state index contributed by atoms with van der Waals surface area (Å²) in [5.74, 6) is 0. The van der Waals surface area contributed by atoms with Gasteiger partial charge in [0, 0.05) is 11.5 Å². The first-order valence-corrected chi connectivity index (χ1v) is 6.59. The summed E-state index contributed by atoms with van der Waals surface area (Å²) in [6.07, 6.45) is 1.54. The Kier molecular flexibility index (Phi) is 2.90. The van der Waals surface area contributed by atoms with E-state index in [-0.39, 0.29) is 5.44 Å². The van der Waals surface area contributed by atoms with Crippen molar-refractivity contribution in [3.63, 3.8) is 0 Å². The van der Waals surface area contributed by atoms with E-state index in [1.807, 2.05) is 6.07 Å². The average molecular weight is 233 g/mol. The fourth-order valence-electron chi connectivity index (χ4n) is 1.55. The lowest BCUT2D eigenvalue weighted by atomic mass is 10.3. The van der Waals surface area contributed by atoms with Crippen LogP contribution in [-0.2, 0) is 4.57 Å². The van der Waals surface area contributed by atoms with Gasteiger partial charge in [-0.05, 0) is 30.7 Å². The van der Waals surface area contributed by atoms with E-state index < -0.39 is 7.37 Å². The molecule has 2 aromatic rings. The van der Waals surface area contributed by atoms with Gasteiger partial charge in [-0.2, -0.15) is 0 Å². The molecule has 2 rings (SSSR count). The molecule has 0 bridgehead atoms. The van der Waals surface area contributed by atoms with Crippen LogP contribution >= 0.6 is 7.37 Å². The van der Waals surface area contributed by atoms with Gasteiger partial charge in [0.05, 0.1) is 0 Å². The van der Waals surface area contributed by atoms with E-state index in [1.54, 1.807) is 43.3 Å². The minimum Gasteiger partial charge on any atom is -0.337 e. The summed E-state index contributed by atoms with van der Waals surface area (Å²) in [4.78, 5) is 14.1. The molecule has 0 aliphatic carbocycles. The number of pyridine rings is 1. The second-order valence-electron chi connectivity index (χ2n) is 3.56. The molecular formula is C12H12NO2P. The molecule has 16 heavy (non-hydrogen) atoms. The van der Waals surface area contributed by atoms with Crippen molar-refractivity contribution in [2.24, 2.45) is 0 Å². The molecule has 1 N–H and O–H groups in total. The van der Waals surface area contributed by atoms with E-state index in [2.05, 4.69) is 4.98 Å². The molecule has 1 heterocycles. The summed E-state index contributed by atoms with van der Waals surface area (Å²) in [5, 5.41) is 0.414. The summed E-state index contributed by atoms with van der Waals surface area (Å²) >= 11 is 0. The molecular weight excluding hydrogens is 221 g/mol. The number of hydrogen-bond donors (Lipinski definition) is 1. The van der Waals surface area contributed by atoms with Crippen LogP contribution in [0.25, 0.3) is 0 Å². The third-order valence-corrected chi connectivity index (χ3v) is 4.42. The van der Waals surface area contributed by atoms with Crippen molar-refractivity contribution in [3.8, 4) is 0 Å². The van der Waals surface area contributed by atoms with Gasteiger partial charge in [-0.1, -0.05) is 24.3 Å². The van der Waals surface area contributed by atoms with Crippen LogP contribution in [0.2, 0.25) is 0 Å². The first-order valence-electron chi connectivity index (χ1n) is 4.93. The zero-order valence-electron chi connectivity index (χ0n) is 8.87. The molecule has 0 amide bonds. The Balaban J connectivity index is 2.56. The largest absolute Gasteiger partial charge is 0.337 e. The van der Waals surface area contributed by atoms with Crippen molar-refractivity contribution in [2.75, 3.05) is 0 Å². The topological polar surface area (TPSA) is 50.2 Å². The van der Waals surface area contributed by atoms with Crippen LogP contribution in [0.15, 0.2) is 48.7 Å². The highest BCUT2D eigenvalue weighted by Crippen LogP contribution is 2.37. The SMILES string of the molecule is Cc1cccnc1P(=O)(O)c1ccccc1. The maximum atomic E-state index is 12.3. The van der Waals surface area contributed by atoms with Crippen LogP contribution in [0.3, 0.4) is 0 Å². The standard InChI is InChI=1S/C12H12NO2P/c1-10-6-5-9-13-12(10)16(14,15)11-7-3-2-4-8-11/h2-9H,1H3,(H,14,15). The normalized spacial score (nSPS) is 14.4. The number of benzene rings is 1. The van der Waals surface area contributed by atoms with E-state index in [4.69, 9.17) is 0 Å². The van der Waals surface area contributed by atoms with Crippen molar-refractivity contribution in [3.05, 3.63) is 54.2 Å². The molecule has 1 aromatic heterocycles. The molecule has 0 saturated heterocycles. The predicted octanol–water partition coefficient (Wildman–Crippen LogP) is 1.61. The van der Waals surface area contributed by atoms with Crippen LogP contribution in [0.5, 0.6) is 0 Å². The van der Waals surface area contributed by atoms with Gasteiger partial charge in [0.25, 0.3) is 7.37 Å². The van der Waals surface area contributed by atoms with Crippen LogP contribution in [0, 0.1) is 6.92 Å². The monoisotopic (exact) mass is 233 g/mol. The Morgan fingerprint density at radius 1 is 1.12 bits per heavy atom. The van der Waals surface area contributed by atoms with Crippen LogP contribution in [0.4, 0.5) is 0 Å². The number of aryl methyl sites for hydroxylation is 1. The summed E-state index contributed by atoms with van der Waals surface area (Å²) in [5.41, 5.74) is 0.999. The van der Waals surface area contributed by atoms with Crippen LogP contribution in [0.1, 0.15) is 5.56 Å². The molecule has 1 aromatic carbocycles. The van der Waals surface area contributed by atoms with Crippen molar-refractivity contribution < 1.29 is 9.46 Å². The lowest BCUT2D eigenvalue weighted by molar-refractivity contribution is 0.500. The Bertz CT molecular complexity index is 540. The summed E-state index contributed by atoms with van der Waals surface area (Å²) < 4.78 is 12.3. The number of aromatic nitrogens is 1. The molecule has 0 aliphatic rings. The zero-order chi connectivity index (χ0) is 11.6. The zero-order valence-corrected chi connectivity index (χ0v) is 9.76. The highest BCUT2D eigenvalue weighted by atomic mass is 31.2. The van der Waals surface area contributed by atoms with Gasteiger partial charge < -0.3 is 4.89 Å². The lowest BCUT2D eigenvalue weighted by Gasteiger charge is -2.12. The Labute approximate surface area is 94.2 Å². The first-order chi connectivity index (χ1) is 7.62. The predicted molar refractivity (Wildman–Crippen MR) is 64.5 cm³/mol. The minimum absolute atomic E-state index is 0.265. The first kappa shape index (κ1) is 11.1. The smallest absolute Gasteiger partial charge is 0.276 e. The van der Waals surface area contributed by atoms with Gasteiger partial charge >= 0.3 is 0 Å². The third kappa shape index (κ3) is 1.92. The minimum atomic E-state index is -3.55. The van der Waals surface area contributed by atoms with Crippen LogP contribution in [-0.4, -0.2) is 9.88 Å². The Morgan fingerprint density at radius 2 is 1.81 bits per heavy atom. The molecule has 0 saturated carbocycles. The molecule has 0 fully saturated rings. The van der Waals surface area contributed by atoms with Crippen LogP contribution < -0.4 is 10.7 Å². The van der Waals surface area contributed by atoms with Crippen molar-refractivity contribution in [1.82, 2.24) is 4.98 Å². The van der Waals surface area contributed by atoms with Crippen molar-refractivity contribution in [1.29, 1.82) is 0 Å². The fourth-order valence-corrected chi connectivity index (χ4v) is 3.14. The second-order valence-corrected chi connectivity index (χ2v) is 5.65. The van der Waals surface area contributed by atoms with Crippen molar-refractivity contribution in [2.45, 2.75) is 6.92 Å². The van der Waals surface area contributed by atoms with Gasteiger partial charge in [0.1, 0.15) is 5.44 Å². The number of hydrogen-bond acceptors (Lipinski definition) is 2. The maximum absolute atomic E-state index is 12.3. The van der Waals surface area contributed by atoms with E-state index in [0.717, 1.165) is 5.56 Å². The summed E-state index contributed by atoms with van der Waals surface area (Å²) in [7, 11) is -3.55. The van der Waals surface area contributed by atoms with E-state index in [0.29, 0.717) is 5.30 Å². The van der Waals surface area contributed by atoms with Gasteiger partial charge in [-0.15, -0.1) is 0 Å².